The van der Waals surface area contributed by atoms with E-state index in [4.69, 9.17) is 67.8 Å². The van der Waals surface area contributed by atoms with Crippen LogP contribution in [0.15, 0.2) is 0 Å². The predicted molar refractivity (Wildman–Crippen MR) is 63.2 cm³/mol. The maximum atomic E-state index is 11.1. The van der Waals surface area contributed by atoms with Crippen LogP contribution >= 0.6 is 65.6 Å². The van der Waals surface area contributed by atoms with Crippen LogP contribution in [0.3, 0.4) is 0 Å². The number of benzene rings is 1. The van der Waals surface area contributed by atoms with Gasteiger partial charge in [-0.2, -0.15) is 0 Å². The Kier molecular flexibility index (Phi) is 4.25. The minimum absolute atomic E-state index is 0.148. The minimum atomic E-state index is -4.66. The molecule has 1 rings (SSSR count). The molecule has 0 unspecified atom stereocenters. The van der Waals surface area contributed by atoms with E-state index < -0.39 is 22.9 Å². The zero-order chi connectivity index (χ0) is 12.0. The van der Waals surface area contributed by atoms with Crippen molar-refractivity contribution in [1.82, 2.24) is 0 Å². The molecular weight excluding hydrogens is 328 g/mol. The molecule has 0 radical (unpaired) electrons. The van der Waals surface area contributed by atoms with E-state index in [2.05, 4.69) is 0 Å². The Bertz CT molecular complexity index is 439. The summed E-state index contributed by atoms with van der Waals surface area (Å²) in [5, 5.41) is -2.05. The van der Waals surface area contributed by atoms with E-state index in [0.29, 0.717) is 0 Å². The first kappa shape index (κ1) is 13.9. The summed E-state index contributed by atoms with van der Waals surface area (Å²) in [6.45, 7) is 0. The molecule has 0 saturated heterocycles. The van der Waals surface area contributed by atoms with Gasteiger partial charge >= 0.3 is 7.60 Å². The summed E-state index contributed by atoms with van der Waals surface area (Å²) in [5.41, 5.74) is 0. The number of halogens is 5. The van der Waals surface area contributed by atoms with Crippen molar-refractivity contribution in [3.05, 3.63) is 25.1 Å². The lowest BCUT2D eigenvalue weighted by Gasteiger charge is -2.12. The molecule has 0 atom stereocenters. The third kappa shape index (κ3) is 2.56. The standard InChI is InChI=1S/C6H2Cl5O3P/c7-1-2(8)4(10)6(15(12,13)14)5(11)3(1)9/h(H2,12,13,14). The molecule has 0 aliphatic heterocycles. The minimum Gasteiger partial charge on any atom is -0.321 e. The van der Waals surface area contributed by atoms with E-state index in [-0.39, 0.29) is 15.1 Å². The lowest BCUT2D eigenvalue weighted by molar-refractivity contribution is 0.387. The topological polar surface area (TPSA) is 57.5 Å². The predicted octanol–water partition coefficient (Wildman–Crippen LogP) is 3.76. The van der Waals surface area contributed by atoms with Crippen LogP contribution < -0.4 is 5.30 Å². The lowest BCUT2D eigenvalue weighted by Crippen LogP contribution is -2.09. The highest BCUT2D eigenvalue weighted by molar-refractivity contribution is 7.61. The van der Waals surface area contributed by atoms with Gasteiger partial charge in [-0.05, 0) is 0 Å². The molecule has 0 aliphatic rings. The van der Waals surface area contributed by atoms with Gasteiger partial charge in [-0.15, -0.1) is 0 Å². The van der Waals surface area contributed by atoms with E-state index in [1.54, 1.807) is 0 Å². The maximum absolute atomic E-state index is 11.1. The first-order valence-electron chi connectivity index (χ1n) is 3.25. The van der Waals surface area contributed by atoms with Crippen molar-refractivity contribution in [2.75, 3.05) is 0 Å². The van der Waals surface area contributed by atoms with Gasteiger partial charge in [0.05, 0.1) is 25.1 Å². The number of hydrogen-bond acceptors (Lipinski definition) is 1. The zero-order valence-corrected chi connectivity index (χ0v) is 11.3. The first-order chi connectivity index (χ1) is 6.68. The highest BCUT2D eigenvalue weighted by Gasteiger charge is 2.30. The Morgan fingerprint density at radius 3 is 1.27 bits per heavy atom. The van der Waals surface area contributed by atoms with Crippen molar-refractivity contribution in [1.29, 1.82) is 0 Å². The van der Waals surface area contributed by atoms with Crippen molar-refractivity contribution in [2.45, 2.75) is 0 Å². The van der Waals surface area contributed by atoms with Crippen LogP contribution in [0.25, 0.3) is 0 Å². The third-order valence-electron chi connectivity index (χ3n) is 1.48. The van der Waals surface area contributed by atoms with Crippen molar-refractivity contribution >= 4 is 70.9 Å². The van der Waals surface area contributed by atoms with E-state index in [9.17, 15) is 4.57 Å². The van der Waals surface area contributed by atoms with Gasteiger partial charge < -0.3 is 9.79 Å². The van der Waals surface area contributed by atoms with Gasteiger partial charge in [-0.1, -0.05) is 58.0 Å². The van der Waals surface area contributed by atoms with Crippen molar-refractivity contribution in [2.24, 2.45) is 0 Å². The summed E-state index contributed by atoms with van der Waals surface area (Å²) in [6, 6.07) is 0. The van der Waals surface area contributed by atoms with E-state index in [0.717, 1.165) is 0 Å². The fourth-order valence-electron chi connectivity index (χ4n) is 0.849. The van der Waals surface area contributed by atoms with Crippen molar-refractivity contribution < 1.29 is 14.4 Å². The second kappa shape index (κ2) is 4.59. The molecule has 0 saturated carbocycles. The molecule has 0 aliphatic carbocycles. The summed E-state index contributed by atoms with van der Waals surface area (Å²) < 4.78 is 11.1. The van der Waals surface area contributed by atoms with Crippen LogP contribution in [-0.2, 0) is 4.57 Å². The van der Waals surface area contributed by atoms with Gasteiger partial charge in [0.25, 0.3) is 0 Å². The number of hydrogen-bond donors (Lipinski definition) is 2. The Hall–Kier alpha value is 0.820. The fraction of sp³-hybridized carbons (Fsp3) is 0. The van der Waals surface area contributed by atoms with Gasteiger partial charge in [-0.3, -0.25) is 4.57 Å². The highest BCUT2D eigenvalue weighted by Crippen LogP contribution is 2.47. The van der Waals surface area contributed by atoms with E-state index in [1.807, 2.05) is 0 Å². The van der Waals surface area contributed by atoms with Gasteiger partial charge in [-0.25, -0.2) is 0 Å². The molecule has 0 spiro atoms. The average molecular weight is 330 g/mol. The van der Waals surface area contributed by atoms with E-state index in [1.165, 1.54) is 0 Å². The normalized spacial score (nSPS) is 11.9. The molecule has 0 heterocycles. The molecule has 9 heteroatoms. The second-order valence-corrected chi connectivity index (χ2v) is 5.89. The monoisotopic (exact) mass is 328 g/mol. The molecule has 0 amide bonds. The number of rotatable bonds is 1. The summed E-state index contributed by atoms with van der Waals surface area (Å²) >= 11 is 28.1. The fourth-order valence-corrected chi connectivity index (χ4v) is 3.51. The Labute approximate surface area is 110 Å². The summed E-state index contributed by atoms with van der Waals surface area (Å²) in [4.78, 5) is 17.9. The average Bonchev–Trinajstić information content (AvgIpc) is 2.09. The van der Waals surface area contributed by atoms with Crippen LogP contribution in [-0.4, -0.2) is 9.79 Å². The molecule has 1 aromatic carbocycles. The van der Waals surface area contributed by atoms with Crippen LogP contribution in [0.5, 0.6) is 0 Å². The molecule has 15 heavy (non-hydrogen) atoms. The largest absolute Gasteiger partial charge is 0.359 e. The van der Waals surface area contributed by atoms with E-state index >= 15 is 0 Å². The highest BCUT2D eigenvalue weighted by atomic mass is 35.5. The van der Waals surface area contributed by atoms with Crippen molar-refractivity contribution in [3.8, 4) is 0 Å². The quantitative estimate of drug-likeness (QED) is 0.468. The molecule has 3 nitrogen and oxygen atoms in total. The SMILES string of the molecule is O=P(O)(O)c1c(Cl)c(Cl)c(Cl)c(Cl)c1Cl. The van der Waals surface area contributed by atoms with Crippen LogP contribution in [0, 0.1) is 0 Å². The van der Waals surface area contributed by atoms with Crippen LogP contribution in [0.4, 0.5) is 0 Å². The van der Waals surface area contributed by atoms with Gasteiger partial charge in [0.1, 0.15) is 5.30 Å². The Morgan fingerprint density at radius 1 is 0.733 bits per heavy atom. The Morgan fingerprint density at radius 2 is 1.00 bits per heavy atom. The molecule has 0 aromatic heterocycles. The lowest BCUT2D eigenvalue weighted by atomic mass is 10.3. The summed E-state index contributed by atoms with van der Waals surface area (Å²) in [5.74, 6) is 0. The Balaban J connectivity index is 3.76. The third-order valence-corrected chi connectivity index (χ3v) is 5.05. The zero-order valence-electron chi connectivity index (χ0n) is 6.64. The van der Waals surface area contributed by atoms with Crippen molar-refractivity contribution in [3.63, 3.8) is 0 Å². The molecule has 84 valence electrons. The maximum Gasteiger partial charge on any atom is 0.359 e. The molecule has 0 fully saturated rings. The molecule has 1 aromatic rings. The molecule has 0 bridgehead atoms. The van der Waals surface area contributed by atoms with Gasteiger partial charge in [0, 0.05) is 0 Å². The smallest absolute Gasteiger partial charge is 0.321 e. The van der Waals surface area contributed by atoms with Gasteiger partial charge in [0.2, 0.25) is 0 Å². The van der Waals surface area contributed by atoms with Crippen LogP contribution in [0.1, 0.15) is 0 Å². The summed E-state index contributed by atoms with van der Waals surface area (Å²) in [6.07, 6.45) is 0. The van der Waals surface area contributed by atoms with Crippen LogP contribution in [0.2, 0.25) is 25.1 Å². The molecule has 2 N–H and O–H groups in total. The first-order valence-corrected chi connectivity index (χ1v) is 6.75. The molecular formula is C6H2Cl5O3P. The van der Waals surface area contributed by atoms with Gasteiger partial charge in [0.15, 0.2) is 0 Å². The summed E-state index contributed by atoms with van der Waals surface area (Å²) in [7, 11) is -4.66. The second-order valence-electron chi connectivity index (χ2n) is 2.46.